The summed E-state index contributed by atoms with van der Waals surface area (Å²) in [6.45, 7) is 3.61. The first kappa shape index (κ1) is 13.8. The van der Waals surface area contributed by atoms with Gasteiger partial charge in [0.2, 0.25) is 5.95 Å². The number of aromatic nitrogens is 2. The van der Waals surface area contributed by atoms with Crippen LogP contribution in [0.15, 0.2) is 40.2 Å². The lowest BCUT2D eigenvalue weighted by Crippen LogP contribution is -2.11. The maximum absolute atomic E-state index is 11.3. The average Bonchev–Trinajstić information content (AvgIpc) is 2.44. The van der Waals surface area contributed by atoms with Gasteiger partial charge in [0.05, 0.1) is 12.8 Å². The molecule has 0 fully saturated rings. The first-order chi connectivity index (χ1) is 9.58. The van der Waals surface area contributed by atoms with Crippen LogP contribution in [0.4, 0.5) is 5.95 Å². The second-order valence-corrected chi connectivity index (χ2v) is 4.27. The van der Waals surface area contributed by atoms with Crippen molar-refractivity contribution in [3.63, 3.8) is 0 Å². The van der Waals surface area contributed by atoms with Crippen molar-refractivity contribution in [1.29, 1.82) is 0 Å². The highest BCUT2D eigenvalue weighted by Gasteiger charge is 2.00. The number of rotatable bonds is 4. The number of hydrogen-bond donors (Lipinski definition) is 2. The fraction of sp³-hybridized carbons (Fsp3) is 0.214. The Labute approximate surface area is 116 Å². The van der Waals surface area contributed by atoms with Crippen molar-refractivity contribution in [3.05, 3.63) is 51.9 Å². The molecule has 0 bridgehead atoms. The van der Waals surface area contributed by atoms with Gasteiger partial charge in [-0.1, -0.05) is 0 Å². The minimum Gasteiger partial charge on any atom is -0.497 e. The predicted octanol–water partition coefficient (Wildman–Crippen LogP) is 1.92. The highest BCUT2D eigenvalue weighted by molar-refractivity contribution is 5.99. The van der Waals surface area contributed by atoms with Crippen molar-refractivity contribution in [1.82, 2.24) is 9.97 Å². The Kier molecular flexibility index (Phi) is 4.14. The zero-order chi connectivity index (χ0) is 14.5. The second-order valence-electron chi connectivity index (χ2n) is 4.27. The van der Waals surface area contributed by atoms with Crippen LogP contribution in [-0.2, 0) is 0 Å². The Morgan fingerprint density at radius 1 is 1.35 bits per heavy atom. The summed E-state index contributed by atoms with van der Waals surface area (Å²) in [5.41, 5.74) is 4.89. The number of aromatic amines is 1. The van der Waals surface area contributed by atoms with Crippen molar-refractivity contribution in [2.45, 2.75) is 13.8 Å². The van der Waals surface area contributed by atoms with Crippen molar-refractivity contribution >= 4 is 11.7 Å². The van der Waals surface area contributed by atoms with E-state index in [0.29, 0.717) is 11.6 Å². The molecule has 0 aliphatic carbocycles. The van der Waals surface area contributed by atoms with Gasteiger partial charge in [-0.25, -0.2) is 10.4 Å². The number of nitrogens with zero attached hydrogens (tertiary/aromatic N) is 2. The number of H-pyrrole nitrogens is 1. The van der Waals surface area contributed by atoms with Gasteiger partial charge < -0.3 is 4.74 Å². The van der Waals surface area contributed by atoms with E-state index in [-0.39, 0.29) is 5.56 Å². The zero-order valence-electron chi connectivity index (χ0n) is 11.6. The van der Waals surface area contributed by atoms with E-state index < -0.39 is 0 Å². The summed E-state index contributed by atoms with van der Waals surface area (Å²) in [7, 11) is 1.62. The lowest BCUT2D eigenvalue weighted by Gasteiger charge is -2.04. The summed E-state index contributed by atoms with van der Waals surface area (Å²) in [4.78, 5) is 18.0. The number of hydrazone groups is 1. The Morgan fingerprint density at radius 2 is 2.05 bits per heavy atom. The molecular weight excluding hydrogens is 256 g/mol. The number of anilines is 1. The van der Waals surface area contributed by atoms with E-state index in [9.17, 15) is 4.79 Å². The predicted molar refractivity (Wildman–Crippen MR) is 78.4 cm³/mol. The van der Waals surface area contributed by atoms with Crippen molar-refractivity contribution in [2.75, 3.05) is 12.5 Å². The normalized spacial score (nSPS) is 11.2. The molecule has 6 heteroatoms. The average molecular weight is 272 g/mol. The third kappa shape index (κ3) is 3.44. The number of aryl methyl sites for hydroxylation is 1. The SMILES string of the molecule is COc1ccc(C(C)=NNc2nc(C)cc(=O)[nH]2)cc1. The van der Waals surface area contributed by atoms with Crippen LogP contribution in [0.25, 0.3) is 0 Å². The molecule has 2 N–H and O–H groups in total. The molecule has 0 aliphatic rings. The van der Waals surface area contributed by atoms with Crippen LogP contribution in [0.5, 0.6) is 5.75 Å². The minimum absolute atomic E-state index is 0.211. The molecular formula is C14H16N4O2. The van der Waals surface area contributed by atoms with Crippen LogP contribution in [-0.4, -0.2) is 22.8 Å². The highest BCUT2D eigenvalue weighted by Crippen LogP contribution is 2.12. The fourth-order valence-electron chi connectivity index (χ4n) is 1.67. The van der Waals surface area contributed by atoms with Crippen LogP contribution in [0.1, 0.15) is 18.2 Å². The summed E-state index contributed by atoms with van der Waals surface area (Å²) >= 11 is 0. The van der Waals surface area contributed by atoms with E-state index in [1.54, 1.807) is 14.0 Å². The number of methoxy groups -OCH3 is 1. The van der Waals surface area contributed by atoms with Gasteiger partial charge in [0, 0.05) is 11.8 Å². The molecule has 0 spiro atoms. The maximum atomic E-state index is 11.3. The van der Waals surface area contributed by atoms with E-state index in [1.807, 2.05) is 31.2 Å². The van der Waals surface area contributed by atoms with Gasteiger partial charge in [0.1, 0.15) is 5.75 Å². The number of ether oxygens (including phenoxy) is 1. The first-order valence-electron chi connectivity index (χ1n) is 6.11. The maximum Gasteiger partial charge on any atom is 0.252 e. The third-order valence-corrected chi connectivity index (χ3v) is 2.71. The van der Waals surface area contributed by atoms with Crippen molar-refractivity contribution in [2.24, 2.45) is 5.10 Å². The Hall–Kier alpha value is -2.63. The number of nitrogens with one attached hydrogen (secondary N) is 2. The molecule has 1 heterocycles. The molecule has 1 aromatic carbocycles. The molecule has 1 aromatic heterocycles. The quantitative estimate of drug-likeness (QED) is 0.658. The van der Waals surface area contributed by atoms with Gasteiger partial charge in [-0.05, 0) is 43.7 Å². The van der Waals surface area contributed by atoms with Gasteiger partial charge in [-0.15, -0.1) is 0 Å². The van der Waals surface area contributed by atoms with Gasteiger partial charge in [-0.2, -0.15) is 5.10 Å². The molecule has 2 rings (SSSR count). The van der Waals surface area contributed by atoms with Crippen LogP contribution < -0.4 is 15.7 Å². The molecule has 0 radical (unpaired) electrons. The lowest BCUT2D eigenvalue weighted by atomic mass is 10.1. The smallest absolute Gasteiger partial charge is 0.252 e. The van der Waals surface area contributed by atoms with Gasteiger partial charge in [0.15, 0.2) is 0 Å². The van der Waals surface area contributed by atoms with Crippen LogP contribution in [0.2, 0.25) is 0 Å². The summed E-state index contributed by atoms with van der Waals surface area (Å²) in [5, 5.41) is 4.20. The fourth-order valence-corrected chi connectivity index (χ4v) is 1.67. The van der Waals surface area contributed by atoms with Crippen molar-refractivity contribution < 1.29 is 4.74 Å². The molecule has 20 heavy (non-hydrogen) atoms. The molecule has 0 saturated carbocycles. The van der Waals surface area contributed by atoms with Crippen LogP contribution >= 0.6 is 0 Å². The number of hydrogen-bond acceptors (Lipinski definition) is 5. The van der Waals surface area contributed by atoms with Gasteiger partial charge >= 0.3 is 0 Å². The van der Waals surface area contributed by atoms with E-state index in [1.165, 1.54) is 6.07 Å². The summed E-state index contributed by atoms with van der Waals surface area (Å²) in [6.07, 6.45) is 0. The Morgan fingerprint density at radius 3 is 2.65 bits per heavy atom. The second kappa shape index (κ2) is 6.01. The summed E-state index contributed by atoms with van der Waals surface area (Å²) in [5.74, 6) is 1.11. The topological polar surface area (TPSA) is 79.4 Å². The monoisotopic (exact) mass is 272 g/mol. The summed E-state index contributed by atoms with van der Waals surface area (Å²) < 4.78 is 5.10. The molecule has 0 unspecified atom stereocenters. The largest absolute Gasteiger partial charge is 0.497 e. The Bertz CT molecular complexity index is 674. The standard InChI is InChI=1S/C14H16N4O2/c1-9-8-13(19)16-14(15-9)18-17-10(2)11-4-6-12(20-3)7-5-11/h4-8H,1-3H3,(H2,15,16,18,19). The van der Waals surface area contributed by atoms with Gasteiger partial charge in [0.25, 0.3) is 5.56 Å². The van der Waals surface area contributed by atoms with E-state index in [2.05, 4.69) is 20.5 Å². The number of benzene rings is 1. The molecule has 104 valence electrons. The lowest BCUT2D eigenvalue weighted by molar-refractivity contribution is 0.415. The van der Waals surface area contributed by atoms with Crippen LogP contribution in [0.3, 0.4) is 0 Å². The van der Waals surface area contributed by atoms with E-state index in [0.717, 1.165) is 17.0 Å². The van der Waals surface area contributed by atoms with Crippen molar-refractivity contribution in [3.8, 4) is 5.75 Å². The molecule has 6 nitrogen and oxygen atoms in total. The molecule has 2 aromatic rings. The third-order valence-electron chi connectivity index (χ3n) is 2.71. The van der Waals surface area contributed by atoms with E-state index >= 15 is 0 Å². The minimum atomic E-state index is -0.211. The van der Waals surface area contributed by atoms with Gasteiger partial charge in [-0.3, -0.25) is 9.78 Å². The summed E-state index contributed by atoms with van der Waals surface area (Å²) in [6, 6.07) is 8.96. The molecule has 0 atom stereocenters. The van der Waals surface area contributed by atoms with Crippen LogP contribution in [0, 0.1) is 6.92 Å². The Balaban J connectivity index is 2.15. The molecule has 0 aliphatic heterocycles. The van der Waals surface area contributed by atoms with E-state index in [4.69, 9.17) is 4.74 Å². The highest BCUT2D eigenvalue weighted by atomic mass is 16.5. The first-order valence-corrected chi connectivity index (χ1v) is 6.11. The zero-order valence-corrected chi connectivity index (χ0v) is 11.6. The molecule has 0 amide bonds. The molecule has 0 saturated heterocycles.